The van der Waals surface area contributed by atoms with Gasteiger partial charge in [-0.05, 0) is 30.3 Å². The molecule has 1 aliphatic heterocycles. The normalized spacial score (nSPS) is 19.0. The average Bonchev–Trinajstić information content (AvgIpc) is 2.77. The number of fused-ring (bicyclic) bond motifs is 1. The maximum absolute atomic E-state index is 12.9. The number of aliphatic hydroxyl groups is 1. The van der Waals surface area contributed by atoms with E-state index in [1.807, 2.05) is 0 Å². The summed E-state index contributed by atoms with van der Waals surface area (Å²) in [6, 6.07) is 11.8. The van der Waals surface area contributed by atoms with Gasteiger partial charge in [-0.2, -0.15) is 0 Å². The van der Waals surface area contributed by atoms with E-state index < -0.39 is 17.3 Å². The van der Waals surface area contributed by atoms with Crippen LogP contribution >= 0.6 is 27.5 Å². The molecular formula is C19H15BrClNO3. The zero-order chi connectivity index (χ0) is 18.2. The Bertz CT molecular complexity index is 883. The summed E-state index contributed by atoms with van der Waals surface area (Å²) in [5, 5.41) is 11.4. The van der Waals surface area contributed by atoms with Crippen LogP contribution in [0, 0.1) is 0 Å². The quantitative estimate of drug-likeness (QED) is 0.585. The van der Waals surface area contributed by atoms with E-state index >= 15 is 0 Å². The number of amides is 1. The Morgan fingerprint density at radius 2 is 2.04 bits per heavy atom. The van der Waals surface area contributed by atoms with Crippen LogP contribution in [0.25, 0.3) is 0 Å². The molecule has 1 atom stereocenters. The van der Waals surface area contributed by atoms with Gasteiger partial charge in [0.15, 0.2) is 11.4 Å². The molecule has 0 fully saturated rings. The van der Waals surface area contributed by atoms with Crippen LogP contribution < -0.4 is 4.90 Å². The van der Waals surface area contributed by atoms with Crippen LogP contribution in [0.2, 0.25) is 5.02 Å². The van der Waals surface area contributed by atoms with Crippen LogP contribution in [0.15, 0.2) is 59.6 Å². The van der Waals surface area contributed by atoms with Gasteiger partial charge in [0.25, 0.3) is 5.91 Å². The second-order valence-corrected chi connectivity index (χ2v) is 7.13. The summed E-state index contributed by atoms with van der Waals surface area (Å²) in [6.07, 6.45) is 1.19. The van der Waals surface area contributed by atoms with Crippen molar-refractivity contribution < 1.29 is 14.7 Å². The maximum atomic E-state index is 12.9. The molecule has 4 nitrogen and oxygen atoms in total. The predicted molar refractivity (Wildman–Crippen MR) is 101 cm³/mol. The van der Waals surface area contributed by atoms with E-state index in [9.17, 15) is 14.7 Å². The van der Waals surface area contributed by atoms with Crippen molar-refractivity contribution in [3.63, 3.8) is 0 Å². The molecule has 1 aliphatic rings. The average molecular weight is 421 g/mol. The van der Waals surface area contributed by atoms with Crippen molar-refractivity contribution in [3.05, 3.63) is 75.7 Å². The van der Waals surface area contributed by atoms with Gasteiger partial charge >= 0.3 is 0 Å². The number of anilines is 1. The lowest BCUT2D eigenvalue weighted by Crippen LogP contribution is -2.42. The standard InChI is InChI=1S/C19H15BrClNO3/c1-2-9-22-16-8-7-12(20)10-14(16)19(25,18(22)24)11-17(23)13-5-3-4-6-15(13)21/h2-8,10,25H,1,9,11H2/t19-/m0/s1. The van der Waals surface area contributed by atoms with Crippen LogP contribution in [0.5, 0.6) is 0 Å². The second kappa shape index (κ2) is 6.75. The second-order valence-electron chi connectivity index (χ2n) is 5.81. The fourth-order valence-corrected chi connectivity index (χ4v) is 3.62. The molecule has 0 radical (unpaired) electrons. The third-order valence-electron chi connectivity index (χ3n) is 4.20. The molecule has 0 aliphatic carbocycles. The Labute approximate surface area is 158 Å². The summed E-state index contributed by atoms with van der Waals surface area (Å²) < 4.78 is 0.711. The molecule has 1 amide bonds. The van der Waals surface area contributed by atoms with Crippen molar-refractivity contribution in [1.82, 2.24) is 0 Å². The van der Waals surface area contributed by atoms with Gasteiger partial charge < -0.3 is 10.0 Å². The molecular weight excluding hydrogens is 406 g/mol. The number of nitrogens with zero attached hydrogens (tertiary/aromatic N) is 1. The molecule has 0 spiro atoms. The molecule has 0 saturated heterocycles. The van der Waals surface area contributed by atoms with Crippen LogP contribution in [-0.2, 0) is 10.4 Å². The van der Waals surface area contributed by atoms with Gasteiger partial charge in [0.05, 0.1) is 17.1 Å². The Morgan fingerprint density at radius 1 is 1.32 bits per heavy atom. The Morgan fingerprint density at radius 3 is 2.72 bits per heavy atom. The van der Waals surface area contributed by atoms with Gasteiger partial charge in [0.1, 0.15) is 0 Å². The fourth-order valence-electron chi connectivity index (χ4n) is 3.02. The smallest absolute Gasteiger partial charge is 0.264 e. The molecule has 1 heterocycles. The van der Waals surface area contributed by atoms with Crippen molar-refractivity contribution in [1.29, 1.82) is 0 Å². The van der Waals surface area contributed by atoms with Gasteiger partial charge in [-0.3, -0.25) is 9.59 Å². The number of carbonyl (C=O) groups excluding carboxylic acids is 2. The maximum Gasteiger partial charge on any atom is 0.264 e. The molecule has 3 rings (SSSR count). The van der Waals surface area contributed by atoms with Gasteiger partial charge in [0.2, 0.25) is 0 Å². The zero-order valence-electron chi connectivity index (χ0n) is 13.2. The SMILES string of the molecule is C=CCN1C(=O)[C@](O)(CC(=O)c2ccccc2Cl)c2cc(Br)ccc21. The third-order valence-corrected chi connectivity index (χ3v) is 5.02. The Balaban J connectivity index is 2.04. The first-order valence-corrected chi connectivity index (χ1v) is 8.78. The summed E-state index contributed by atoms with van der Waals surface area (Å²) in [6.45, 7) is 3.89. The first-order chi connectivity index (χ1) is 11.9. The van der Waals surface area contributed by atoms with E-state index in [0.717, 1.165) is 0 Å². The number of halogens is 2. The summed E-state index contributed by atoms with van der Waals surface area (Å²) >= 11 is 9.42. The number of rotatable bonds is 5. The van der Waals surface area contributed by atoms with E-state index in [-0.39, 0.29) is 18.5 Å². The third kappa shape index (κ3) is 3.03. The minimum absolute atomic E-state index is 0.246. The number of hydrogen-bond acceptors (Lipinski definition) is 3. The first-order valence-electron chi connectivity index (χ1n) is 7.61. The molecule has 6 heteroatoms. The highest BCUT2D eigenvalue weighted by molar-refractivity contribution is 9.10. The van der Waals surface area contributed by atoms with Gasteiger partial charge in [-0.1, -0.05) is 45.7 Å². The highest BCUT2D eigenvalue weighted by atomic mass is 79.9. The van der Waals surface area contributed by atoms with Crippen molar-refractivity contribution in [2.24, 2.45) is 0 Å². The number of Topliss-reactive ketones (excluding diaryl/α,β-unsaturated/α-hetero) is 1. The van der Waals surface area contributed by atoms with E-state index in [4.69, 9.17) is 11.6 Å². The number of hydrogen-bond donors (Lipinski definition) is 1. The molecule has 1 N–H and O–H groups in total. The molecule has 0 bridgehead atoms. The monoisotopic (exact) mass is 419 g/mol. The minimum Gasteiger partial charge on any atom is -0.375 e. The summed E-state index contributed by atoms with van der Waals surface area (Å²) in [5.41, 5.74) is -0.681. The largest absolute Gasteiger partial charge is 0.375 e. The summed E-state index contributed by atoms with van der Waals surface area (Å²) in [7, 11) is 0. The number of ketones is 1. The van der Waals surface area contributed by atoms with Crippen molar-refractivity contribution in [2.75, 3.05) is 11.4 Å². The van der Waals surface area contributed by atoms with Gasteiger partial charge in [-0.25, -0.2) is 0 Å². The van der Waals surface area contributed by atoms with Crippen LogP contribution in [0.4, 0.5) is 5.69 Å². The van der Waals surface area contributed by atoms with E-state index in [1.54, 1.807) is 48.5 Å². The lowest BCUT2D eigenvalue weighted by atomic mass is 9.88. The topological polar surface area (TPSA) is 57.6 Å². The van der Waals surface area contributed by atoms with E-state index in [2.05, 4.69) is 22.5 Å². The van der Waals surface area contributed by atoms with Gasteiger partial charge in [-0.15, -0.1) is 6.58 Å². The molecule has 2 aromatic rings. The van der Waals surface area contributed by atoms with Crippen LogP contribution in [0.3, 0.4) is 0 Å². The molecule has 0 saturated carbocycles. The highest BCUT2D eigenvalue weighted by Crippen LogP contribution is 2.44. The predicted octanol–water partition coefficient (Wildman–Crippen LogP) is 4.10. The first kappa shape index (κ1) is 17.9. The Hall–Kier alpha value is -1.95. The summed E-state index contributed by atoms with van der Waals surface area (Å²) in [5.74, 6) is -0.936. The van der Waals surface area contributed by atoms with Crippen molar-refractivity contribution in [2.45, 2.75) is 12.0 Å². The minimum atomic E-state index is -1.93. The van der Waals surface area contributed by atoms with Crippen molar-refractivity contribution >= 4 is 44.9 Å². The van der Waals surface area contributed by atoms with Crippen LogP contribution in [0.1, 0.15) is 22.3 Å². The molecule has 0 aromatic heterocycles. The fraction of sp³-hybridized carbons (Fsp3) is 0.158. The van der Waals surface area contributed by atoms with Gasteiger partial charge in [0, 0.05) is 22.1 Å². The Kier molecular flexibility index (Phi) is 4.82. The van der Waals surface area contributed by atoms with E-state index in [1.165, 1.54) is 4.90 Å². The lowest BCUT2D eigenvalue weighted by molar-refractivity contribution is -0.135. The van der Waals surface area contributed by atoms with E-state index in [0.29, 0.717) is 20.7 Å². The van der Waals surface area contributed by atoms with Crippen LogP contribution in [-0.4, -0.2) is 23.3 Å². The summed E-state index contributed by atoms with van der Waals surface area (Å²) in [4.78, 5) is 27.0. The number of carbonyl (C=O) groups is 2. The lowest BCUT2D eigenvalue weighted by Gasteiger charge is -2.22. The molecule has 25 heavy (non-hydrogen) atoms. The number of benzene rings is 2. The highest BCUT2D eigenvalue weighted by Gasteiger charge is 2.50. The molecule has 128 valence electrons. The van der Waals surface area contributed by atoms with Crippen molar-refractivity contribution in [3.8, 4) is 0 Å². The molecule has 0 unspecified atom stereocenters. The zero-order valence-corrected chi connectivity index (χ0v) is 15.5. The molecule has 2 aromatic carbocycles.